The summed E-state index contributed by atoms with van der Waals surface area (Å²) >= 11 is 6.11. The van der Waals surface area contributed by atoms with Crippen LogP contribution in [0.2, 0.25) is 5.02 Å². The maximum Gasteiger partial charge on any atom is 0.262 e. The first-order chi connectivity index (χ1) is 16.4. The van der Waals surface area contributed by atoms with Crippen molar-refractivity contribution in [1.29, 1.82) is 0 Å². The summed E-state index contributed by atoms with van der Waals surface area (Å²) in [5.41, 5.74) is 5.25. The second kappa shape index (κ2) is 10.7. The topological polar surface area (TPSA) is 62.2 Å². The fourth-order valence-electron chi connectivity index (χ4n) is 4.40. The predicted octanol–water partition coefficient (Wildman–Crippen LogP) is 4.91. The van der Waals surface area contributed by atoms with Gasteiger partial charge in [-0.2, -0.15) is 5.10 Å². The van der Waals surface area contributed by atoms with Gasteiger partial charge < -0.3 is 9.64 Å². The summed E-state index contributed by atoms with van der Waals surface area (Å²) in [5.74, 6) is -0.135. The highest BCUT2D eigenvalue weighted by atomic mass is 35.5. The van der Waals surface area contributed by atoms with E-state index in [0.717, 1.165) is 36.1 Å². The third-order valence-corrected chi connectivity index (χ3v) is 7.17. The molecule has 6 nitrogen and oxygen atoms in total. The van der Waals surface area contributed by atoms with Crippen LogP contribution in [0.15, 0.2) is 47.6 Å². The molecule has 0 spiro atoms. The van der Waals surface area contributed by atoms with Crippen molar-refractivity contribution in [3.8, 4) is 0 Å². The van der Waals surface area contributed by atoms with Crippen LogP contribution in [0.5, 0.6) is 0 Å². The zero-order chi connectivity index (χ0) is 24.2. The number of aryl methyl sites for hydroxylation is 2. The second-order valence-corrected chi connectivity index (χ2v) is 9.67. The molecular weight excluding hydrogens is 450 g/mol. The Hall–Kier alpha value is -2.70. The molecule has 2 amide bonds. The van der Waals surface area contributed by atoms with Crippen molar-refractivity contribution in [3.63, 3.8) is 0 Å². The van der Waals surface area contributed by atoms with Crippen molar-refractivity contribution in [3.05, 3.63) is 69.7 Å². The number of ether oxygens (including phenoxy) is 1. The Bertz CT molecular complexity index is 1080. The summed E-state index contributed by atoms with van der Waals surface area (Å²) in [6, 6.07) is 13.5. The Kier molecular flexibility index (Phi) is 7.69. The molecule has 1 aliphatic carbocycles. The zero-order valence-corrected chi connectivity index (χ0v) is 20.8. The number of rotatable bonds is 8. The highest BCUT2D eigenvalue weighted by Gasteiger charge is 2.36. The third-order valence-electron chi connectivity index (χ3n) is 6.92. The molecule has 34 heavy (non-hydrogen) atoms. The number of amides is 2. The van der Waals surface area contributed by atoms with Gasteiger partial charge in [0.2, 0.25) is 5.91 Å². The van der Waals surface area contributed by atoms with Gasteiger partial charge in [0.25, 0.3) is 5.91 Å². The first kappa shape index (κ1) is 24.4. The molecule has 0 bridgehead atoms. The number of carbonyl (C=O) groups excluding carboxylic acids is 2. The van der Waals surface area contributed by atoms with Crippen LogP contribution in [0.4, 0.5) is 0 Å². The third kappa shape index (κ3) is 5.34. The van der Waals surface area contributed by atoms with Crippen molar-refractivity contribution in [1.82, 2.24) is 9.91 Å². The molecule has 0 aromatic heterocycles. The molecule has 2 aromatic carbocycles. The molecule has 1 saturated carbocycles. The summed E-state index contributed by atoms with van der Waals surface area (Å²) in [5, 5.41) is 6.98. The van der Waals surface area contributed by atoms with E-state index in [-0.39, 0.29) is 30.3 Å². The maximum absolute atomic E-state index is 13.6. The zero-order valence-electron chi connectivity index (χ0n) is 20.1. The number of hydrazone groups is 1. The van der Waals surface area contributed by atoms with E-state index < -0.39 is 0 Å². The minimum absolute atomic E-state index is 0.00745. The summed E-state index contributed by atoms with van der Waals surface area (Å²) < 4.78 is 5.20. The first-order valence-electron chi connectivity index (χ1n) is 11.9. The van der Waals surface area contributed by atoms with Crippen LogP contribution >= 0.6 is 11.6 Å². The molecule has 7 heteroatoms. The molecule has 0 N–H and O–H groups in total. The van der Waals surface area contributed by atoms with Gasteiger partial charge in [-0.3, -0.25) is 9.59 Å². The van der Waals surface area contributed by atoms with E-state index in [1.807, 2.05) is 24.3 Å². The average Bonchev–Trinajstić information content (AvgIpc) is 3.23. The van der Waals surface area contributed by atoms with E-state index in [1.54, 1.807) is 17.0 Å². The maximum atomic E-state index is 13.6. The molecule has 180 valence electrons. The molecule has 0 radical (unpaired) electrons. The number of benzene rings is 2. The van der Waals surface area contributed by atoms with Gasteiger partial charge in [-0.05, 0) is 67.1 Å². The molecule has 2 aliphatic rings. The Morgan fingerprint density at radius 2 is 1.85 bits per heavy atom. The lowest BCUT2D eigenvalue weighted by molar-refractivity contribution is -0.146. The van der Waals surface area contributed by atoms with Crippen molar-refractivity contribution >= 4 is 29.1 Å². The SMILES string of the molecule is COCCN(CC(=O)N1N=C(c2ccc(C)c(C)c2)C[C@H]1c1ccc(Cl)cc1)C(=O)C1CCC1. The van der Waals surface area contributed by atoms with Gasteiger partial charge in [0.15, 0.2) is 0 Å². The minimum atomic E-state index is -0.246. The standard InChI is InChI=1S/C27H32ClN3O3/c1-18-7-8-22(15-19(18)2)24-16-25(20-9-11-23(28)12-10-20)31(29-24)26(32)17-30(13-14-34-3)27(33)21-5-4-6-21/h7-12,15,21,25H,4-6,13-14,16-17H2,1-3H3/t25-/m0/s1. The van der Waals surface area contributed by atoms with Crippen molar-refractivity contribution in [2.45, 2.75) is 45.6 Å². The quantitative estimate of drug-likeness (QED) is 0.538. The molecule has 1 fully saturated rings. The van der Waals surface area contributed by atoms with Crippen LogP contribution in [-0.4, -0.2) is 54.2 Å². The lowest BCUT2D eigenvalue weighted by atomic mass is 9.84. The molecule has 0 unspecified atom stereocenters. The van der Waals surface area contributed by atoms with Gasteiger partial charge in [0.05, 0.1) is 18.4 Å². The molecule has 0 saturated heterocycles. The minimum Gasteiger partial charge on any atom is -0.383 e. The normalized spacial score (nSPS) is 17.9. The fraction of sp³-hybridized carbons (Fsp3) is 0.444. The molecule has 1 heterocycles. The van der Waals surface area contributed by atoms with E-state index in [4.69, 9.17) is 21.4 Å². The van der Waals surface area contributed by atoms with Gasteiger partial charge in [-0.25, -0.2) is 5.01 Å². The molecular formula is C27H32ClN3O3. The van der Waals surface area contributed by atoms with Crippen LogP contribution in [0.3, 0.4) is 0 Å². The van der Waals surface area contributed by atoms with Gasteiger partial charge in [0.1, 0.15) is 6.54 Å². The van der Waals surface area contributed by atoms with E-state index in [9.17, 15) is 9.59 Å². The number of methoxy groups -OCH3 is 1. The first-order valence-corrected chi connectivity index (χ1v) is 12.3. The van der Waals surface area contributed by atoms with Crippen molar-refractivity contribution in [2.24, 2.45) is 11.0 Å². The largest absolute Gasteiger partial charge is 0.383 e. The lowest BCUT2D eigenvalue weighted by Crippen LogP contribution is -2.46. The molecule has 1 atom stereocenters. The molecule has 2 aromatic rings. The van der Waals surface area contributed by atoms with E-state index in [1.165, 1.54) is 11.1 Å². The Balaban J connectivity index is 1.61. The van der Waals surface area contributed by atoms with Crippen molar-refractivity contribution < 1.29 is 14.3 Å². The number of hydrogen-bond donors (Lipinski definition) is 0. The Morgan fingerprint density at radius 1 is 1.12 bits per heavy atom. The van der Waals surface area contributed by atoms with Crippen LogP contribution in [0.25, 0.3) is 0 Å². The van der Waals surface area contributed by atoms with Crippen LogP contribution < -0.4 is 0 Å². The predicted molar refractivity (Wildman–Crippen MR) is 134 cm³/mol. The van der Waals surface area contributed by atoms with Gasteiger partial charge in [0, 0.05) is 31.0 Å². The Labute approximate surface area is 206 Å². The summed E-state index contributed by atoms with van der Waals surface area (Å²) in [6.45, 7) is 4.93. The van der Waals surface area contributed by atoms with Gasteiger partial charge >= 0.3 is 0 Å². The van der Waals surface area contributed by atoms with Gasteiger partial charge in [-0.15, -0.1) is 0 Å². The molecule has 4 rings (SSSR count). The number of halogens is 1. The van der Waals surface area contributed by atoms with Crippen molar-refractivity contribution in [2.75, 3.05) is 26.8 Å². The van der Waals surface area contributed by atoms with Crippen LogP contribution in [-0.2, 0) is 14.3 Å². The number of nitrogens with zero attached hydrogens (tertiary/aromatic N) is 3. The summed E-state index contributed by atoms with van der Waals surface area (Å²) in [4.78, 5) is 28.2. The second-order valence-electron chi connectivity index (χ2n) is 9.24. The number of carbonyl (C=O) groups is 2. The number of hydrogen-bond acceptors (Lipinski definition) is 4. The summed E-state index contributed by atoms with van der Waals surface area (Å²) in [7, 11) is 1.60. The van der Waals surface area contributed by atoms with Gasteiger partial charge in [-0.1, -0.05) is 42.3 Å². The highest BCUT2D eigenvalue weighted by molar-refractivity contribution is 6.30. The highest BCUT2D eigenvalue weighted by Crippen LogP contribution is 2.34. The van der Waals surface area contributed by atoms with Crippen LogP contribution in [0.1, 0.15) is 54.0 Å². The van der Waals surface area contributed by atoms with Crippen LogP contribution in [0, 0.1) is 19.8 Å². The summed E-state index contributed by atoms with van der Waals surface area (Å²) in [6.07, 6.45) is 3.45. The Morgan fingerprint density at radius 3 is 2.47 bits per heavy atom. The smallest absolute Gasteiger partial charge is 0.262 e. The monoisotopic (exact) mass is 481 g/mol. The lowest BCUT2D eigenvalue weighted by Gasteiger charge is -2.32. The average molecular weight is 482 g/mol. The fourth-order valence-corrected chi connectivity index (χ4v) is 4.52. The molecule has 1 aliphatic heterocycles. The van der Waals surface area contributed by atoms with E-state index in [0.29, 0.717) is 24.6 Å². The van der Waals surface area contributed by atoms with E-state index in [2.05, 4.69) is 32.0 Å². The van der Waals surface area contributed by atoms with E-state index >= 15 is 0 Å².